The summed E-state index contributed by atoms with van der Waals surface area (Å²) in [5.41, 5.74) is -1.08. The van der Waals surface area contributed by atoms with E-state index in [0.29, 0.717) is 11.1 Å². The van der Waals surface area contributed by atoms with Crippen molar-refractivity contribution in [3.8, 4) is 17.1 Å². The molecule has 7 nitrogen and oxygen atoms in total. The van der Waals surface area contributed by atoms with E-state index < -0.39 is 48.8 Å². The highest BCUT2D eigenvalue weighted by Gasteiger charge is 2.48. The van der Waals surface area contributed by atoms with E-state index in [2.05, 4.69) is 20.4 Å². The van der Waals surface area contributed by atoms with E-state index in [0.717, 1.165) is 18.2 Å². The maximum atomic E-state index is 14.4. The number of hydrogen-bond acceptors (Lipinski definition) is 5. The number of fused-ring (bicyclic) bond motifs is 1. The normalized spacial score (nSPS) is 13.5. The zero-order valence-electron chi connectivity index (χ0n) is 26.0. The molecule has 0 radical (unpaired) electrons. The minimum absolute atomic E-state index is 0.106. The molecule has 246 valence electrons. The Hall–Kier alpha value is -4.56. The van der Waals surface area contributed by atoms with Crippen LogP contribution in [0.4, 0.5) is 32.2 Å². The zero-order valence-corrected chi connectivity index (χ0v) is 27.0. The third-order valence-corrected chi connectivity index (χ3v) is 12.6. The molecule has 5 rings (SSSR count). The summed E-state index contributed by atoms with van der Waals surface area (Å²) in [6.07, 6.45) is -9.10. The first-order valence-electron chi connectivity index (χ1n) is 14.5. The fourth-order valence-corrected chi connectivity index (χ4v) is 5.89. The van der Waals surface area contributed by atoms with E-state index in [4.69, 9.17) is 4.43 Å². The van der Waals surface area contributed by atoms with Crippen LogP contribution in [-0.4, -0.2) is 40.1 Å². The maximum absolute atomic E-state index is 14.4. The van der Waals surface area contributed by atoms with Crippen LogP contribution < -0.4 is 5.32 Å². The van der Waals surface area contributed by atoms with E-state index in [-0.39, 0.29) is 28.3 Å². The molecule has 0 saturated carbocycles. The molecule has 3 aromatic carbocycles. The molecular formula is C33H31F6N5O2Si. The molecular weight excluding hydrogens is 640 g/mol. The Labute approximate surface area is 267 Å². The molecule has 0 bridgehead atoms. The van der Waals surface area contributed by atoms with E-state index in [1.54, 1.807) is 43.4 Å². The number of halogens is 6. The summed E-state index contributed by atoms with van der Waals surface area (Å²) in [6.45, 7) is 9.01. The van der Waals surface area contributed by atoms with Crippen molar-refractivity contribution in [2.75, 3.05) is 5.32 Å². The van der Waals surface area contributed by atoms with Crippen molar-refractivity contribution < 1.29 is 35.6 Å². The summed E-state index contributed by atoms with van der Waals surface area (Å²) in [4.78, 5) is 21.5. The Morgan fingerprint density at radius 1 is 0.872 bits per heavy atom. The molecule has 47 heavy (non-hydrogen) atoms. The molecule has 2 aromatic heterocycles. The van der Waals surface area contributed by atoms with Crippen molar-refractivity contribution in [1.82, 2.24) is 19.7 Å². The van der Waals surface area contributed by atoms with Gasteiger partial charge in [-0.2, -0.15) is 31.4 Å². The second kappa shape index (κ2) is 12.2. The van der Waals surface area contributed by atoms with Crippen LogP contribution >= 0.6 is 0 Å². The molecule has 5 aromatic rings. The lowest BCUT2D eigenvalue weighted by atomic mass is 10.0. The SMILES string of the molecule is CC(C)(C)[Si](C)(C)OC(c1ccc2c(NC(=O)c3ccc(C(F)(F)F)c(-c4ncccn4)c3)n(-c3ccccc3)nc2c1)C(F)(F)F. The number of nitrogens with one attached hydrogen (secondary N) is 1. The van der Waals surface area contributed by atoms with Gasteiger partial charge in [0.15, 0.2) is 20.2 Å². The lowest BCUT2D eigenvalue weighted by molar-refractivity contribution is -0.201. The van der Waals surface area contributed by atoms with Gasteiger partial charge in [-0.25, -0.2) is 14.6 Å². The quantitative estimate of drug-likeness (QED) is 0.138. The number of carbonyl (C=O) groups excluding carboxylic acids is 1. The highest BCUT2D eigenvalue weighted by atomic mass is 28.4. The van der Waals surface area contributed by atoms with Crippen LogP contribution in [0, 0.1) is 0 Å². The molecule has 1 atom stereocenters. The highest BCUT2D eigenvalue weighted by molar-refractivity contribution is 6.74. The number of hydrogen-bond donors (Lipinski definition) is 1. The largest absolute Gasteiger partial charge is 0.417 e. The third kappa shape index (κ3) is 7.08. The van der Waals surface area contributed by atoms with Gasteiger partial charge in [-0.1, -0.05) is 45.0 Å². The summed E-state index contributed by atoms with van der Waals surface area (Å²) in [6, 6.07) is 16.8. The molecule has 0 aliphatic carbocycles. The second-order valence-electron chi connectivity index (χ2n) is 12.5. The Morgan fingerprint density at radius 3 is 2.13 bits per heavy atom. The second-order valence-corrected chi connectivity index (χ2v) is 17.2. The lowest BCUT2D eigenvalue weighted by Gasteiger charge is -2.39. The van der Waals surface area contributed by atoms with Crippen LogP contribution in [0.5, 0.6) is 0 Å². The van der Waals surface area contributed by atoms with E-state index in [1.807, 2.05) is 20.8 Å². The topological polar surface area (TPSA) is 81.9 Å². The van der Waals surface area contributed by atoms with Gasteiger partial charge in [-0.15, -0.1) is 0 Å². The summed E-state index contributed by atoms with van der Waals surface area (Å²) in [5, 5.41) is 7.06. The van der Waals surface area contributed by atoms with Gasteiger partial charge in [0, 0.05) is 28.9 Å². The summed E-state index contributed by atoms with van der Waals surface area (Å²) < 4.78 is 92.0. The Morgan fingerprint density at radius 2 is 1.53 bits per heavy atom. The molecule has 0 aliphatic rings. The summed E-state index contributed by atoms with van der Waals surface area (Å²) in [5.74, 6) is -0.900. The highest BCUT2D eigenvalue weighted by Crippen LogP contribution is 2.45. The third-order valence-electron chi connectivity index (χ3n) is 8.14. The van der Waals surface area contributed by atoms with Crippen molar-refractivity contribution in [3.05, 3.63) is 102 Å². The first kappa shape index (κ1) is 33.8. The molecule has 1 unspecified atom stereocenters. The number of carbonyl (C=O) groups is 1. The zero-order chi connectivity index (χ0) is 34.4. The number of benzene rings is 3. The van der Waals surface area contributed by atoms with Crippen LogP contribution in [0.3, 0.4) is 0 Å². The number of alkyl halides is 6. The molecule has 0 aliphatic heterocycles. The monoisotopic (exact) mass is 671 g/mol. The van der Waals surface area contributed by atoms with Gasteiger partial charge in [0.2, 0.25) is 0 Å². The van der Waals surface area contributed by atoms with Crippen molar-refractivity contribution in [3.63, 3.8) is 0 Å². The van der Waals surface area contributed by atoms with E-state index in [9.17, 15) is 31.1 Å². The maximum Gasteiger partial charge on any atom is 0.417 e. The van der Waals surface area contributed by atoms with E-state index >= 15 is 0 Å². The van der Waals surface area contributed by atoms with Gasteiger partial charge < -0.3 is 9.74 Å². The van der Waals surface area contributed by atoms with Gasteiger partial charge >= 0.3 is 12.4 Å². The van der Waals surface area contributed by atoms with Gasteiger partial charge in [0.25, 0.3) is 5.91 Å². The number of aromatic nitrogens is 4. The van der Waals surface area contributed by atoms with Gasteiger partial charge in [-0.3, -0.25) is 4.79 Å². The van der Waals surface area contributed by atoms with Crippen LogP contribution in [0.2, 0.25) is 18.1 Å². The Kier molecular flexibility index (Phi) is 8.79. The summed E-state index contributed by atoms with van der Waals surface area (Å²) in [7, 11) is -2.87. The Balaban J connectivity index is 1.60. The van der Waals surface area contributed by atoms with Gasteiger partial charge in [0.1, 0.15) is 5.82 Å². The molecule has 1 N–H and O–H groups in total. The fourth-order valence-electron chi connectivity index (χ4n) is 4.67. The first-order valence-corrected chi connectivity index (χ1v) is 17.4. The Bertz CT molecular complexity index is 1900. The predicted molar refractivity (Wildman–Crippen MR) is 169 cm³/mol. The minimum Gasteiger partial charge on any atom is -0.402 e. The van der Waals surface area contributed by atoms with Crippen molar-refractivity contribution in [2.24, 2.45) is 0 Å². The summed E-state index contributed by atoms with van der Waals surface area (Å²) >= 11 is 0. The number of nitrogens with zero attached hydrogens (tertiary/aromatic N) is 4. The molecule has 1 amide bonds. The van der Waals surface area contributed by atoms with Crippen LogP contribution in [0.1, 0.15) is 48.4 Å². The fraction of sp³-hybridized carbons (Fsp3) is 0.273. The number of para-hydroxylation sites is 1. The van der Waals surface area contributed by atoms with Crippen molar-refractivity contribution >= 4 is 30.9 Å². The number of amides is 1. The molecule has 0 saturated heterocycles. The average Bonchev–Trinajstić information content (AvgIpc) is 3.36. The molecule has 2 heterocycles. The van der Waals surface area contributed by atoms with Gasteiger partial charge in [-0.05, 0) is 72.2 Å². The van der Waals surface area contributed by atoms with Crippen LogP contribution in [0.15, 0.2) is 85.2 Å². The smallest absolute Gasteiger partial charge is 0.402 e. The average molecular weight is 672 g/mol. The predicted octanol–water partition coefficient (Wildman–Crippen LogP) is 9.38. The minimum atomic E-state index is -4.74. The molecule has 0 fully saturated rings. The number of rotatable bonds is 7. The molecule has 0 spiro atoms. The molecule has 14 heteroatoms. The van der Waals surface area contributed by atoms with Crippen molar-refractivity contribution in [1.29, 1.82) is 0 Å². The lowest BCUT2D eigenvalue weighted by Crippen LogP contribution is -2.44. The number of anilines is 1. The van der Waals surface area contributed by atoms with Crippen LogP contribution in [0.25, 0.3) is 28.0 Å². The van der Waals surface area contributed by atoms with Crippen LogP contribution in [-0.2, 0) is 10.6 Å². The van der Waals surface area contributed by atoms with E-state index in [1.165, 1.54) is 41.3 Å². The first-order chi connectivity index (χ1) is 21.9. The van der Waals surface area contributed by atoms with Gasteiger partial charge in [0.05, 0.1) is 16.8 Å². The standard InChI is InChI=1S/C33H31F6N5O2Si/c1-31(2,3)47(4,5)46-27(33(37,38)39)20-12-14-23-26(19-20)43-44(22-10-7-6-8-11-22)29(23)42-30(45)21-13-15-25(32(34,35)36)24(18-21)28-40-16-9-17-41-28/h6-19,27H,1-5H3,(H,42,45). The van der Waals surface area contributed by atoms with Crippen molar-refractivity contribution in [2.45, 2.75) is 57.4 Å².